The van der Waals surface area contributed by atoms with E-state index in [4.69, 9.17) is 14.2 Å². The lowest BCUT2D eigenvalue weighted by Crippen LogP contribution is -2.64. The molecule has 127 heavy (non-hydrogen) atoms. The van der Waals surface area contributed by atoms with Crippen molar-refractivity contribution in [2.75, 3.05) is 20.2 Å². The second-order valence-electron chi connectivity index (χ2n) is 35.0. The number of alkyl carbamates (subject to hydrolysis) is 1. The molecule has 1 aliphatic rings. The number of likely N-dealkylation sites (tertiary alicyclic amines) is 1. The summed E-state index contributed by atoms with van der Waals surface area (Å²) in [5.74, 6) is -5.54. The Bertz CT molecular complexity index is 5140. The molecule has 1 fully saturated rings. The van der Waals surface area contributed by atoms with E-state index in [1.807, 2.05) is 124 Å². The smallest absolute Gasteiger partial charge is 0.416 e. The van der Waals surface area contributed by atoms with Gasteiger partial charge in [0.15, 0.2) is 0 Å². The maximum absolute atomic E-state index is 16.6. The summed E-state index contributed by atoms with van der Waals surface area (Å²) >= 11 is 2.68. The minimum absolute atomic E-state index is 0.0299. The Morgan fingerprint density at radius 2 is 0.976 bits per heavy atom. The van der Waals surface area contributed by atoms with Crippen LogP contribution in [0.3, 0.4) is 0 Å². The minimum Gasteiger partial charge on any atom is -0.497 e. The maximum Gasteiger partial charge on any atom is 0.416 e. The van der Waals surface area contributed by atoms with Crippen LogP contribution in [0.2, 0.25) is 0 Å². The van der Waals surface area contributed by atoms with E-state index < -0.39 is 163 Å². The normalized spacial score (nSPS) is 14.8. The summed E-state index contributed by atoms with van der Waals surface area (Å²) in [7, 11) is 1.55. The van der Waals surface area contributed by atoms with Gasteiger partial charge in [-0.15, -0.1) is 23.5 Å². The van der Waals surface area contributed by atoms with Gasteiger partial charge in [-0.2, -0.15) is 26.3 Å². The van der Waals surface area contributed by atoms with Gasteiger partial charge in [-0.05, 0) is 187 Å². The van der Waals surface area contributed by atoms with Crippen LogP contribution in [0.1, 0.15) is 158 Å². The number of hydrogen-bond acceptors (Lipinski definition) is 14. The van der Waals surface area contributed by atoms with Gasteiger partial charge in [0, 0.05) is 64.7 Å². The number of benzene rings is 8. The SMILES string of the molecule is COc1ccc(CSC(C)(C)[C@@H](NC(=O)[C@H](Cc2ccc(OC(C)(C)C)cc2)NC(=O)OC(C)(C)C)C(=O)NCC(=O)N[C@@H](Cc2ccccc2)C(=O)N[C@@H](C(=O)N2CCC[C@H]2C(=O)N[C@@H](CC(C)C)C(=O)N[C@@H](Cc2c[nH]c3ccccc23)C(=O)NCc2cc(C(F)(F)F)cc(C(F)(F)F)c2)C(C)(C)SC(c2ccccc2)(c2ccccc2)c2ccccc2)cc1. The molecule has 9 N–H and O–H groups in total. The highest BCUT2D eigenvalue weighted by molar-refractivity contribution is 8.02. The van der Waals surface area contributed by atoms with Crippen LogP contribution in [0.25, 0.3) is 10.9 Å². The number of thioether (sulfide) groups is 2. The molecule has 1 saturated heterocycles. The van der Waals surface area contributed by atoms with Gasteiger partial charge >= 0.3 is 18.4 Å². The predicted molar refractivity (Wildman–Crippen MR) is 480 cm³/mol. The molecule has 0 aliphatic carbocycles. The number of fused-ring (bicyclic) bond motifs is 1. The third-order valence-electron chi connectivity index (χ3n) is 21.4. The van der Waals surface area contributed by atoms with Crippen LogP contribution in [-0.2, 0) is 91.8 Å². The van der Waals surface area contributed by atoms with E-state index in [0.717, 1.165) is 22.3 Å². The molecule has 22 nitrogen and oxygen atoms in total. The van der Waals surface area contributed by atoms with Crippen molar-refractivity contribution in [3.05, 3.63) is 274 Å². The molecule has 10 rings (SSSR count). The van der Waals surface area contributed by atoms with Crippen molar-refractivity contribution in [2.45, 2.75) is 214 Å². The van der Waals surface area contributed by atoms with E-state index in [9.17, 15) is 35.9 Å². The molecule has 1 aliphatic heterocycles. The van der Waals surface area contributed by atoms with E-state index in [1.165, 1.54) is 28.4 Å². The molecule has 0 saturated carbocycles. The highest BCUT2D eigenvalue weighted by Gasteiger charge is 2.51. The predicted octanol–water partition coefficient (Wildman–Crippen LogP) is 15.4. The van der Waals surface area contributed by atoms with Crippen LogP contribution in [0.5, 0.6) is 11.5 Å². The molecule has 30 heteroatoms. The van der Waals surface area contributed by atoms with Crippen molar-refractivity contribution in [3.8, 4) is 11.5 Å². The number of aromatic nitrogens is 1. The number of carbonyl (C=O) groups excluding carboxylic acids is 9. The van der Waals surface area contributed by atoms with Gasteiger partial charge in [0.2, 0.25) is 47.3 Å². The zero-order valence-corrected chi connectivity index (χ0v) is 75.0. The van der Waals surface area contributed by atoms with Crippen LogP contribution in [0.4, 0.5) is 31.1 Å². The highest BCUT2D eigenvalue weighted by atomic mass is 32.2. The number of methoxy groups -OCH3 is 1. The molecule has 8 aromatic carbocycles. The van der Waals surface area contributed by atoms with E-state index in [-0.39, 0.29) is 57.1 Å². The van der Waals surface area contributed by atoms with Crippen molar-refractivity contribution < 1.29 is 83.7 Å². The number of halogens is 6. The molecule has 0 unspecified atom stereocenters. The average molecular weight is 1790 g/mol. The summed E-state index contributed by atoms with van der Waals surface area (Å²) in [6.45, 7) is 19.7. The summed E-state index contributed by atoms with van der Waals surface area (Å²) in [5.41, 5.74) is 0.331. The van der Waals surface area contributed by atoms with Crippen LogP contribution >= 0.6 is 23.5 Å². The summed E-state index contributed by atoms with van der Waals surface area (Å²) in [5, 5.41) is 23.0. The Morgan fingerprint density at radius 3 is 1.51 bits per heavy atom. The largest absolute Gasteiger partial charge is 0.497 e. The van der Waals surface area contributed by atoms with Crippen molar-refractivity contribution in [1.82, 2.24) is 52.4 Å². The third-order valence-corrected chi connectivity index (χ3v) is 24.6. The van der Waals surface area contributed by atoms with Crippen molar-refractivity contribution >= 4 is 87.8 Å². The molecule has 2 heterocycles. The molecule has 0 spiro atoms. The number of hydrogen-bond donors (Lipinski definition) is 9. The molecule has 0 radical (unpaired) electrons. The number of aromatic amines is 1. The summed E-state index contributed by atoms with van der Waals surface area (Å²) in [6.07, 6.45) is -9.93. The first-order valence-corrected chi connectivity index (χ1v) is 43.8. The monoisotopic (exact) mass is 1790 g/mol. The number of alkyl halides is 6. The Morgan fingerprint density at radius 1 is 0.480 bits per heavy atom. The van der Waals surface area contributed by atoms with E-state index >= 15 is 33.6 Å². The Kier molecular flexibility index (Phi) is 32.4. The molecule has 7 atom stereocenters. The number of nitrogens with one attached hydrogen (secondary N) is 9. The zero-order valence-electron chi connectivity index (χ0n) is 73.4. The minimum atomic E-state index is -5.19. The Hall–Kier alpha value is -11.8. The average Bonchev–Trinajstić information content (AvgIpc) is 0.857. The highest BCUT2D eigenvalue weighted by Crippen LogP contribution is 2.55. The zero-order chi connectivity index (χ0) is 92.4. The van der Waals surface area contributed by atoms with Crippen LogP contribution in [-0.4, -0.2) is 146 Å². The first-order chi connectivity index (χ1) is 59.9. The maximum atomic E-state index is 16.6. The lowest BCUT2D eigenvalue weighted by molar-refractivity contribution is -0.143. The van der Waals surface area contributed by atoms with Crippen LogP contribution < -0.4 is 52.0 Å². The standard InChI is InChI=1S/C97H112F6N10O12S2/c1-60(2)49-75(84(116)108-78(54-65-57-104-74-38-27-26-37-73(65)74)83(115)105-56-64-50-69(96(98,99)100)55-70(51-64)97(101,102)103)109-87(119)79-39-28-48-113(79)89(121)82(94(11,12)127-95(66-31-20-15-21-32-66,67-33-22-16-23-34-67)68-35-24-17-25-36-68)112-85(117)76(52-61-29-18-14-19-30-61)107-80(114)58-106-88(120)81(93(9,10)126-59-63-42-44-71(123-13)45-43-63)111-86(118)77(110-90(122)125-92(6,7)8)53-62-40-46-72(47-41-62)124-91(3,4)5/h14-27,29-38,40-47,50-51,55,57,60,75-79,81-82,104H,28,39,48-49,52-54,56,58-59H2,1-13H3,(H,105,115)(H,106,120)(H,107,114)(H,108,116)(H,109,119)(H,110,122)(H,111,118)(H,112,117)/t75-,76-,77-,78-,79-,81-,82-/m0/s1. The van der Waals surface area contributed by atoms with Crippen LogP contribution in [0, 0.1) is 5.92 Å². The summed E-state index contributed by atoms with van der Waals surface area (Å²) in [6, 6.07) is 49.6. The second-order valence-corrected chi connectivity index (χ2v) is 38.5. The molecule has 0 bridgehead atoms. The number of para-hydroxylation sites is 1. The molecule has 9 amide bonds. The molecular formula is C97H112F6N10O12S2. The fourth-order valence-corrected chi connectivity index (χ4v) is 18.1. The number of rotatable bonds is 37. The fraction of sp³-hybridized carbons (Fsp3) is 0.392. The summed E-state index contributed by atoms with van der Waals surface area (Å²) < 4.78 is 97.7. The first-order valence-electron chi connectivity index (χ1n) is 42.0. The van der Waals surface area contributed by atoms with E-state index in [0.29, 0.717) is 57.0 Å². The number of nitrogens with zero attached hydrogens (tertiary/aromatic N) is 1. The first kappa shape index (κ1) is 97.4. The third kappa shape index (κ3) is 27.1. The molecular weight excluding hydrogens is 1680 g/mol. The Balaban J connectivity index is 0.969. The number of ether oxygens (including phenoxy) is 3. The lowest BCUT2D eigenvalue weighted by Gasteiger charge is -2.45. The van der Waals surface area contributed by atoms with Gasteiger partial charge in [0.25, 0.3) is 0 Å². The molecule has 9 aromatic rings. The van der Waals surface area contributed by atoms with Gasteiger partial charge in [0.1, 0.15) is 65.0 Å². The van der Waals surface area contributed by atoms with Gasteiger partial charge in [-0.1, -0.05) is 178 Å². The number of H-pyrrole nitrogens is 1. The van der Waals surface area contributed by atoms with Gasteiger partial charge in [-0.25, -0.2) is 4.79 Å². The Labute approximate surface area is 745 Å². The van der Waals surface area contributed by atoms with E-state index in [2.05, 4.69) is 47.5 Å². The molecule has 1 aromatic heterocycles. The van der Waals surface area contributed by atoms with Gasteiger partial charge in [-0.3, -0.25) is 38.4 Å². The number of carbonyl (C=O) groups is 9. The van der Waals surface area contributed by atoms with E-state index in [1.54, 1.807) is 167 Å². The van der Waals surface area contributed by atoms with Crippen molar-refractivity contribution in [3.63, 3.8) is 0 Å². The molecule has 676 valence electrons. The van der Waals surface area contributed by atoms with Gasteiger partial charge < -0.3 is 66.6 Å². The quantitative estimate of drug-likeness (QED) is 0.0129. The van der Waals surface area contributed by atoms with Crippen molar-refractivity contribution in [2.24, 2.45) is 5.92 Å². The van der Waals surface area contributed by atoms with Crippen molar-refractivity contribution in [1.29, 1.82) is 0 Å². The topological polar surface area (TPSA) is 297 Å². The van der Waals surface area contributed by atoms with Gasteiger partial charge in [0.05, 0.1) is 29.5 Å². The van der Waals surface area contributed by atoms with Crippen LogP contribution in [0.15, 0.2) is 219 Å². The fourth-order valence-electron chi connectivity index (χ4n) is 15.2. The second kappa shape index (κ2) is 42.2. The summed E-state index contributed by atoms with van der Waals surface area (Å²) in [4.78, 5) is 141. The lowest BCUT2D eigenvalue weighted by atomic mass is 9.84. The number of amides is 9.